The van der Waals surface area contributed by atoms with Gasteiger partial charge < -0.3 is 9.40 Å². The van der Waals surface area contributed by atoms with Gasteiger partial charge in [-0.3, -0.25) is 14.7 Å². The second-order valence-electron chi connectivity index (χ2n) is 5.80. The predicted molar refractivity (Wildman–Crippen MR) is 105 cm³/mol. The van der Waals surface area contributed by atoms with Crippen LogP contribution in [-0.4, -0.2) is 40.0 Å². The third-order valence-corrected chi connectivity index (χ3v) is 5.84. The van der Waals surface area contributed by atoms with Crippen molar-refractivity contribution in [2.24, 2.45) is 4.99 Å². The fraction of sp³-hybridized carbons (Fsp3) is 0.167. The van der Waals surface area contributed by atoms with Gasteiger partial charge in [0.2, 0.25) is 0 Å². The van der Waals surface area contributed by atoms with E-state index >= 15 is 0 Å². The Morgan fingerprint density at radius 1 is 1.35 bits per heavy atom. The maximum Gasteiger partial charge on any atom is 0.266 e. The lowest BCUT2D eigenvalue weighted by Gasteiger charge is -2.04. The number of amidine groups is 1. The summed E-state index contributed by atoms with van der Waals surface area (Å²) in [7, 11) is 3.39. The Hall–Kier alpha value is -2.45. The van der Waals surface area contributed by atoms with Gasteiger partial charge in [-0.2, -0.15) is 0 Å². The van der Waals surface area contributed by atoms with Crippen molar-refractivity contribution in [3.05, 3.63) is 46.6 Å². The Morgan fingerprint density at radius 3 is 2.96 bits per heavy atom. The highest BCUT2D eigenvalue weighted by Crippen LogP contribution is 2.33. The molecule has 1 aliphatic rings. The zero-order valence-electron chi connectivity index (χ0n) is 14.4. The molecule has 1 amide bonds. The molecule has 0 radical (unpaired) electrons. The standard InChI is InChI=1S/C18H16N4O2S2/c1-10-4-6-12-13(8-10)21-17(20-12)26-15-7-5-11(24-15)9-14-16(23)22(3)18(19-2)25-14/h4-9H,1-3H3,(H,20,21)/b14-9-,19-18?. The number of rotatable bonds is 3. The molecule has 1 aliphatic heterocycles. The maximum absolute atomic E-state index is 12.2. The number of nitrogens with one attached hydrogen (secondary N) is 1. The van der Waals surface area contributed by atoms with Gasteiger partial charge in [0, 0.05) is 20.2 Å². The molecule has 0 spiro atoms. The number of hydrogen-bond acceptors (Lipinski definition) is 6. The molecule has 1 saturated heterocycles. The highest BCUT2D eigenvalue weighted by atomic mass is 32.2. The molecule has 4 rings (SSSR count). The third kappa shape index (κ3) is 3.17. The maximum atomic E-state index is 12.2. The van der Waals surface area contributed by atoms with Crippen LogP contribution in [0, 0.1) is 6.92 Å². The van der Waals surface area contributed by atoms with Crippen molar-refractivity contribution < 1.29 is 9.21 Å². The Labute approximate surface area is 158 Å². The minimum atomic E-state index is -0.0751. The zero-order chi connectivity index (χ0) is 18.3. The van der Waals surface area contributed by atoms with Crippen molar-refractivity contribution in [1.29, 1.82) is 0 Å². The minimum Gasteiger partial charge on any atom is -0.450 e. The van der Waals surface area contributed by atoms with Crippen LogP contribution >= 0.6 is 23.5 Å². The quantitative estimate of drug-likeness (QED) is 0.687. The lowest BCUT2D eigenvalue weighted by Crippen LogP contribution is -2.23. The molecule has 0 bridgehead atoms. The number of hydrogen-bond donors (Lipinski definition) is 1. The van der Waals surface area contributed by atoms with Gasteiger partial charge in [-0.25, -0.2) is 4.98 Å². The van der Waals surface area contributed by atoms with Crippen molar-refractivity contribution in [2.75, 3.05) is 14.1 Å². The van der Waals surface area contributed by atoms with Crippen molar-refractivity contribution in [3.63, 3.8) is 0 Å². The van der Waals surface area contributed by atoms with Crippen LogP contribution in [0.25, 0.3) is 17.1 Å². The summed E-state index contributed by atoms with van der Waals surface area (Å²) >= 11 is 2.76. The van der Waals surface area contributed by atoms with Gasteiger partial charge >= 0.3 is 0 Å². The summed E-state index contributed by atoms with van der Waals surface area (Å²) in [6.07, 6.45) is 1.74. The summed E-state index contributed by atoms with van der Waals surface area (Å²) in [6.45, 7) is 2.05. The second-order valence-corrected chi connectivity index (χ2v) is 7.80. The highest BCUT2D eigenvalue weighted by molar-refractivity contribution is 8.18. The number of aryl methyl sites for hydroxylation is 1. The van der Waals surface area contributed by atoms with Gasteiger partial charge in [-0.1, -0.05) is 6.07 Å². The Bertz CT molecular complexity index is 1060. The van der Waals surface area contributed by atoms with E-state index in [0.717, 1.165) is 16.2 Å². The largest absolute Gasteiger partial charge is 0.450 e. The third-order valence-electron chi connectivity index (χ3n) is 3.88. The molecule has 6 nitrogen and oxygen atoms in total. The summed E-state index contributed by atoms with van der Waals surface area (Å²) in [4.78, 5) is 26.3. The van der Waals surface area contributed by atoms with Crippen LogP contribution in [0.2, 0.25) is 0 Å². The molecule has 26 heavy (non-hydrogen) atoms. The number of thioether (sulfide) groups is 1. The minimum absolute atomic E-state index is 0.0751. The van der Waals surface area contributed by atoms with Gasteiger partial charge in [-0.15, -0.1) is 0 Å². The number of imidazole rings is 1. The molecule has 3 aromatic rings. The van der Waals surface area contributed by atoms with Crippen LogP contribution in [0.15, 0.2) is 54.9 Å². The number of aromatic amines is 1. The normalized spacial score (nSPS) is 18.0. The number of H-pyrrole nitrogens is 1. The smallest absolute Gasteiger partial charge is 0.266 e. The molecule has 132 valence electrons. The molecule has 8 heteroatoms. The fourth-order valence-corrected chi connectivity index (χ4v) is 4.27. The number of likely N-dealkylation sites (N-methyl/N-ethyl adjacent to an activating group) is 1. The van der Waals surface area contributed by atoms with E-state index in [1.54, 1.807) is 20.2 Å². The lowest BCUT2D eigenvalue weighted by atomic mass is 10.2. The molecule has 1 N–H and O–H groups in total. The average molecular weight is 384 g/mol. The summed E-state index contributed by atoms with van der Waals surface area (Å²) in [6, 6.07) is 9.82. The number of carbonyl (C=O) groups is 1. The number of fused-ring (bicyclic) bond motifs is 1. The van der Waals surface area contributed by atoms with E-state index < -0.39 is 0 Å². The number of carbonyl (C=O) groups excluding carboxylic acids is 1. The number of aliphatic imine (C=N–C) groups is 1. The number of amides is 1. The van der Waals surface area contributed by atoms with Gasteiger partial charge in [0.15, 0.2) is 15.4 Å². The van der Waals surface area contributed by atoms with Gasteiger partial charge in [0.05, 0.1) is 15.9 Å². The number of benzene rings is 1. The first-order chi connectivity index (χ1) is 12.5. The van der Waals surface area contributed by atoms with Crippen LogP contribution in [0.1, 0.15) is 11.3 Å². The van der Waals surface area contributed by atoms with E-state index in [9.17, 15) is 4.79 Å². The summed E-state index contributed by atoms with van der Waals surface area (Å²) in [5.74, 6) is 0.551. The molecule has 3 heterocycles. The van der Waals surface area contributed by atoms with Gasteiger partial charge in [-0.05, 0) is 60.3 Å². The van der Waals surface area contributed by atoms with Crippen molar-refractivity contribution in [3.8, 4) is 0 Å². The van der Waals surface area contributed by atoms with Crippen LogP contribution < -0.4 is 0 Å². The molecule has 2 aromatic heterocycles. The Kier molecular flexibility index (Phi) is 4.37. The topological polar surface area (TPSA) is 74.5 Å². The van der Waals surface area contributed by atoms with Crippen LogP contribution in [-0.2, 0) is 4.79 Å². The van der Waals surface area contributed by atoms with E-state index in [2.05, 4.69) is 21.0 Å². The second kappa shape index (κ2) is 6.69. The van der Waals surface area contributed by atoms with Crippen LogP contribution in [0.5, 0.6) is 0 Å². The molecular formula is C18H16N4O2S2. The Balaban J connectivity index is 1.54. The number of furan rings is 1. The van der Waals surface area contributed by atoms with Gasteiger partial charge in [0.1, 0.15) is 5.76 Å². The molecular weight excluding hydrogens is 368 g/mol. The van der Waals surface area contributed by atoms with E-state index in [4.69, 9.17) is 4.42 Å². The first-order valence-electron chi connectivity index (χ1n) is 7.92. The molecule has 0 unspecified atom stereocenters. The molecule has 1 fully saturated rings. The lowest BCUT2D eigenvalue weighted by molar-refractivity contribution is -0.121. The fourth-order valence-electron chi connectivity index (χ4n) is 2.59. The van der Waals surface area contributed by atoms with Crippen molar-refractivity contribution in [1.82, 2.24) is 14.9 Å². The molecule has 0 aliphatic carbocycles. The van der Waals surface area contributed by atoms with Crippen LogP contribution in [0.3, 0.4) is 0 Å². The predicted octanol–water partition coefficient (Wildman–Crippen LogP) is 4.15. The zero-order valence-corrected chi connectivity index (χ0v) is 16.1. The van der Waals surface area contributed by atoms with E-state index in [0.29, 0.717) is 20.9 Å². The molecule has 0 saturated carbocycles. The van der Waals surface area contributed by atoms with E-state index in [1.807, 2.05) is 31.2 Å². The van der Waals surface area contributed by atoms with Crippen molar-refractivity contribution >= 4 is 51.7 Å². The van der Waals surface area contributed by atoms with E-state index in [1.165, 1.54) is 34.0 Å². The summed E-state index contributed by atoms with van der Waals surface area (Å²) < 4.78 is 5.82. The SMILES string of the molecule is CN=C1S/C(=C\c2ccc(Sc3nc4ccc(C)cc4[nH]3)o2)C(=O)N1C. The van der Waals surface area contributed by atoms with Crippen LogP contribution in [0.4, 0.5) is 0 Å². The molecule has 1 aromatic carbocycles. The Morgan fingerprint density at radius 2 is 2.19 bits per heavy atom. The number of nitrogens with zero attached hydrogens (tertiary/aromatic N) is 3. The first-order valence-corrected chi connectivity index (χ1v) is 9.55. The van der Waals surface area contributed by atoms with E-state index in [-0.39, 0.29) is 5.91 Å². The summed E-state index contributed by atoms with van der Waals surface area (Å²) in [5, 5.41) is 2.16. The molecule has 0 atom stereocenters. The highest BCUT2D eigenvalue weighted by Gasteiger charge is 2.30. The first kappa shape index (κ1) is 17.0. The van der Waals surface area contributed by atoms with Gasteiger partial charge in [0.25, 0.3) is 5.91 Å². The summed E-state index contributed by atoms with van der Waals surface area (Å²) in [5.41, 5.74) is 3.11. The number of aromatic nitrogens is 2. The monoisotopic (exact) mass is 384 g/mol. The average Bonchev–Trinajstić information content (AvgIpc) is 3.29. The van der Waals surface area contributed by atoms with Crippen molar-refractivity contribution in [2.45, 2.75) is 17.2 Å².